The molecule has 19 heavy (non-hydrogen) atoms. The van der Waals surface area contributed by atoms with Crippen LogP contribution in [0.5, 0.6) is 0 Å². The fourth-order valence-corrected chi connectivity index (χ4v) is 4.74. The van der Waals surface area contributed by atoms with Gasteiger partial charge in [-0.1, -0.05) is 12.5 Å². The molecule has 2 aliphatic carbocycles. The standard InChI is InChI=1S/C14H15BrN2O2/c1-9-3-4-10(18)16-11(9)12(19)17(15)14(16)7-13(8-14)5-2-6-13/h3-4H,2,5-8H2,1H3. The molecule has 4 nitrogen and oxygen atoms in total. The van der Waals surface area contributed by atoms with Crippen molar-refractivity contribution < 1.29 is 4.79 Å². The highest BCUT2D eigenvalue weighted by Gasteiger charge is 2.65. The number of amides is 1. The molecule has 0 atom stereocenters. The average molecular weight is 323 g/mol. The minimum absolute atomic E-state index is 0.0647. The molecule has 1 aliphatic heterocycles. The van der Waals surface area contributed by atoms with Crippen LogP contribution in [-0.4, -0.2) is 14.4 Å². The van der Waals surface area contributed by atoms with Crippen LogP contribution in [0.15, 0.2) is 16.9 Å². The summed E-state index contributed by atoms with van der Waals surface area (Å²) in [4.78, 5) is 24.7. The molecule has 4 rings (SSSR count). The molecular formula is C14H15BrN2O2. The van der Waals surface area contributed by atoms with Gasteiger partial charge in [0.25, 0.3) is 11.5 Å². The summed E-state index contributed by atoms with van der Waals surface area (Å²) < 4.78 is 3.34. The Kier molecular flexibility index (Phi) is 2.04. The van der Waals surface area contributed by atoms with E-state index in [9.17, 15) is 9.59 Å². The van der Waals surface area contributed by atoms with Crippen LogP contribution in [-0.2, 0) is 5.66 Å². The van der Waals surface area contributed by atoms with Gasteiger partial charge in [-0.2, -0.15) is 0 Å². The topological polar surface area (TPSA) is 42.3 Å². The summed E-state index contributed by atoms with van der Waals surface area (Å²) in [7, 11) is 0. The van der Waals surface area contributed by atoms with Crippen LogP contribution in [0.4, 0.5) is 0 Å². The fourth-order valence-electron chi connectivity index (χ4n) is 4.16. The summed E-state index contributed by atoms with van der Waals surface area (Å²) in [6.45, 7) is 1.89. The highest BCUT2D eigenvalue weighted by atomic mass is 79.9. The van der Waals surface area contributed by atoms with E-state index in [-0.39, 0.29) is 11.5 Å². The van der Waals surface area contributed by atoms with Crippen LogP contribution in [0.1, 0.15) is 48.2 Å². The molecule has 5 heteroatoms. The van der Waals surface area contributed by atoms with Gasteiger partial charge in [-0.05, 0) is 43.6 Å². The average Bonchev–Trinajstić information content (AvgIpc) is 2.51. The Labute approximate surface area is 119 Å². The normalized spacial score (nSPS) is 25.4. The summed E-state index contributed by atoms with van der Waals surface area (Å²) in [6, 6.07) is 3.31. The lowest BCUT2D eigenvalue weighted by molar-refractivity contribution is -0.120. The van der Waals surface area contributed by atoms with Crippen LogP contribution >= 0.6 is 16.1 Å². The molecule has 0 saturated heterocycles. The van der Waals surface area contributed by atoms with E-state index in [0.29, 0.717) is 11.1 Å². The maximum atomic E-state index is 12.4. The summed E-state index contributed by atoms with van der Waals surface area (Å²) in [6.07, 6.45) is 5.57. The van der Waals surface area contributed by atoms with Crippen LogP contribution < -0.4 is 5.56 Å². The highest BCUT2D eigenvalue weighted by Crippen LogP contribution is 2.66. The third-order valence-electron chi connectivity index (χ3n) is 5.19. The van der Waals surface area contributed by atoms with Gasteiger partial charge in [0.2, 0.25) is 0 Å². The molecule has 1 amide bonds. The smallest absolute Gasteiger partial charge is 0.278 e. The van der Waals surface area contributed by atoms with Crippen LogP contribution in [0.3, 0.4) is 0 Å². The number of halogens is 1. The first-order chi connectivity index (χ1) is 8.99. The fraction of sp³-hybridized carbons (Fsp3) is 0.571. The zero-order chi connectivity index (χ0) is 13.4. The molecule has 2 spiro atoms. The first-order valence-electron chi connectivity index (χ1n) is 6.73. The lowest BCUT2D eigenvalue weighted by atomic mass is 9.51. The molecule has 3 aliphatic rings. The highest BCUT2D eigenvalue weighted by molar-refractivity contribution is 9.07. The van der Waals surface area contributed by atoms with Crippen molar-refractivity contribution in [3.8, 4) is 0 Å². The van der Waals surface area contributed by atoms with Gasteiger partial charge in [-0.25, -0.2) is 3.93 Å². The van der Waals surface area contributed by atoms with Gasteiger partial charge in [-0.15, -0.1) is 0 Å². The number of carbonyl (C=O) groups excluding carboxylic acids is 1. The SMILES string of the molecule is Cc1ccc(=O)n2c1C(=O)N(Br)C21CC2(CCC2)C1. The van der Waals surface area contributed by atoms with E-state index in [4.69, 9.17) is 0 Å². The summed E-state index contributed by atoms with van der Waals surface area (Å²) in [5.74, 6) is -0.0793. The Balaban J connectivity index is 1.90. The van der Waals surface area contributed by atoms with Crippen molar-refractivity contribution in [2.24, 2.45) is 5.41 Å². The van der Waals surface area contributed by atoms with Crippen molar-refractivity contribution in [1.29, 1.82) is 0 Å². The van der Waals surface area contributed by atoms with Crippen molar-refractivity contribution in [1.82, 2.24) is 8.49 Å². The van der Waals surface area contributed by atoms with Crippen LogP contribution in [0, 0.1) is 12.3 Å². The number of carbonyl (C=O) groups is 1. The third-order valence-corrected chi connectivity index (χ3v) is 6.17. The molecule has 100 valence electrons. The number of aromatic nitrogens is 1. The van der Waals surface area contributed by atoms with E-state index < -0.39 is 5.66 Å². The molecule has 0 unspecified atom stereocenters. The van der Waals surface area contributed by atoms with E-state index in [2.05, 4.69) is 16.1 Å². The van der Waals surface area contributed by atoms with Crippen LogP contribution in [0.2, 0.25) is 0 Å². The number of pyridine rings is 1. The minimum atomic E-state index is -0.448. The molecule has 0 aromatic carbocycles. The summed E-state index contributed by atoms with van der Waals surface area (Å²) in [5, 5.41) is 0. The molecule has 2 heterocycles. The zero-order valence-corrected chi connectivity index (χ0v) is 12.4. The van der Waals surface area contributed by atoms with Gasteiger partial charge < -0.3 is 0 Å². The molecular weight excluding hydrogens is 308 g/mol. The number of hydrogen-bond donors (Lipinski definition) is 0. The number of nitrogens with zero attached hydrogens (tertiary/aromatic N) is 2. The maximum absolute atomic E-state index is 12.4. The Hall–Kier alpha value is -1.10. The Morgan fingerprint density at radius 1 is 1.21 bits per heavy atom. The minimum Gasteiger partial charge on any atom is -0.278 e. The molecule has 2 fully saturated rings. The van der Waals surface area contributed by atoms with E-state index in [0.717, 1.165) is 18.4 Å². The molecule has 0 radical (unpaired) electrons. The van der Waals surface area contributed by atoms with E-state index in [1.54, 1.807) is 20.6 Å². The zero-order valence-electron chi connectivity index (χ0n) is 10.8. The van der Waals surface area contributed by atoms with Crippen LogP contribution in [0.25, 0.3) is 0 Å². The van der Waals surface area contributed by atoms with Gasteiger partial charge in [0.15, 0.2) is 0 Å². The molecule has 0 N–H and O–H groups in total. The van der Waals surface area contributed by atoms with Crippen molar-refractivity contribution in [2.75, 3.05) is 0 Å². The number of hydrogen-bond acceptors (Lipinski definition) is 2. The monoisotopic (exact) mass is 322 g/mol. The summed E-state index contributed by atoms with van der Waals surface area (Å²) in [5.41, 5.74) is 1.30. The van der Waals surface area contributed by atoms with Crippen molar-refractivity contribution in [2.45, 2.75) is 44.7 Å². The predicted octanol–water partition coefficient (Wildman–Crippen LogP) is 2.54. The van der Waals surface area contributed by atoms with Crippen molar-refractivity contribution in [3.05, 3.63) is 33.7 Å². The molecule has 1 aromatic rings. The summed E-state index contributed by atoms with van der Waals surface area (Å²) >= 11 is 3.42. The van der Waals surface area contributed by atoms with Crippen molar-refractivity contribution in [3.63, 3.8) is 0 Å². The number of aryl methyl sites for hydroxylation is 1. The quantitative estimate of drug-likeness (QED) is 0.689. The van der Waals surface area contributed by atoms with Gasteiger partial charge in [0.1, 0.15) is 11.4 Å². The Morgan fingerprint density at radius 2 is 1.89 bits per heavy atom. The van der Waals surface area contributed by atoms with Gasteiger partial charge in [0, 0.05) is 6.07 Å². The third kappa shape index (κ3) is 1.20. The van der Waals surface area contributed by atoms with Gasteiger partial charge in [0.05, 0.1) is 16.1 Å². The largest absolute Gasteiger partial charge is 0.282 e. The predicted molar refractivity (Wildman–Crippen MR) is 74.0 cm³/mol. The number of rotatable bonds is 0. The first-order valence-corrected chi connectivity index (χ1v) is 7.44. The van der Waals surface area contributed by atoms with Crippen molar-refractivity contribution >= 4 is 22.1 Å². The van der Waals surface area contributed by atoms with E-state index in [1.807, 2.05) is 6.92 Å². The van der Waals surface area contributed by atoms with Gasteiger partial charge >= 0.3 is 0 Å². The van der Waals surface area contributed by atoms with Gasteiger partial charge in [-0.3, -0.25) is 14.2 Å². The second kappa shape index (κ2) is 3.32. The Bertz CT molecular complexity index is 652. The van der Waals surface area contributed by atoms with E-state index in [1.165, 1.54) is 19.3 Å². The van der Waals surface area contributed by atoms with E-state index >= 15 is 0 Å². The number of fused-ring (bicyclic) bond motifs is 2. The lowest BCUT2D eigenvalue weighted by Crippen LogP contribution is -2.62. The first kappa shape index (κ1) is 11.7. The lowest BCUT2D eigenvalue weighted by Gasteiger charge is -2.61. The molecule has 0 bridgehead atoms. The second-order valence-corrected chi connectivity index (χ2v) is 7.02. The molecule has 1 aromatic heterocycles. The second-order valence-electron chi connectivity index (χ2n) is 6.31. The molecule has 2 saturated carbocycles. The maximum Gasteiger partial charge on any atom is 0.282 e. The Morgan fingerprint density at radius 3 is 2.47 bits per heavy atom.